The van der Waals surface area contributed by atoms with Crippen LogP contribution in [-0.2, 0) is 19.6 Å². The van der Waals surface area contributed by atoms with Crippen LogP contribution < -0.4 is 5.32 Å². The molecule has 2 N–H and O–H groups in total. The number of methoxy groups -OCH3 is 1. The fraction of sp³-hybridized carbons (Fsp3) is 0.900. The molecule has 1 aliphatic heterocycles. The highest BCUT2D eigenvalue weighted by molar-refractivity contribution is 7.88. The zero-order valence-electron chi connectivity index (χ0n) is 10.6. The summed E-state index contributed by atoms with van der Waals surface area (Å²) in [6, 6.07) is -0.658. The van der Waals surface area contributed by atoms with Crippen LogP contribution >= 0.6 is 0 Å². The number of carbonyl (C=O) groups is 1. The second-order valence-electron chi connectivity index (χ2n) is 4.39. The molecule has 1 aliphatic rings. The summed E-state index contributed by atoms with van der Waals surface area (Å²) in [4.78, 5) is 11.8. The van der Waals surface area contributed by atoms with Crippen molar-refractivity contribution >= 4 is 15.9 Å². The van der Waals surface area contributed by atoms with Gasteiger partial charge in [0.15, 0.2) is 0 Å². The first-order chi connectivity index (χ1) is 8.36. The number of nitrogens with zero attached hydrogens (tertiary/aromatic N) is 1. The van der Waals surface area contributed by atoms with Crippen LogP contribution in [0.4, 0.5) is 0 Å². The van der Waals surface area contributed by atoms with E-state index in [0.29, 0.717) is 19.4 Å². The first kappa shape index (κ1) is 15.4. The largest absolute Gasteiger partial charge is 0.389 e. The Labute approximate surface area is 107 Å². The van der Waals surface area contributed by atoms with Crippen molar-refractivity contribution in [3.63, 3.8) is 0 Å². The molecule has 2 unspecified atom stereocenters. The lowest BCUT2D eigenvalue weighted by Crippen LogP contribution is -2.47. The van der Waals surface area contributed by atoms with Gasteiger partial charge in [0, 0.05) is 20.2 Å². The highest BCUT2D eigenvalue weighted by atomic mass is 32.2. The minimum atomic E-state index is -3.36. The zero-order chi connectivity index (χ0) is 13.8. The number of aliphatic hydroxyl groups is 1. The van der Waals surface area contributed by atoms with Gasteiger partial charge in [-0.1, -0.05) is 0 Å². The van der Waals surface area contributed by atoms with Gasteiger partial charge in [-0.05, 0) is 12.8 Å². The van der Waals surface area contributed by atoms with Crippen LogP contribution in [0, 0.1) is 0 Å². The number of amides is 1. The zero-order valence-corrected chi connectivity index (χ0v) is 11.4. The van der Waals surface area contributed by atoms with Gasteiger partial charge in [-0.3, -0.25) is 4.79 Å². The van der Waals surface area contributed by atoms with Crippen molar-refractivity contribution in [3.05, 3.63) is 0 Å². The number of rotatable bonds is 6. The van der Waals surface area contributed by atoms with Crippen LogP contribution in [0.25, 0.3) is 0 Å². The van der Waals surface area contributed by atoms with Crippen LogP contribution in [0.3, 0.4) is 0 Å². The monoisotopic (exact) mass is 280 g/mol. The summed E-state index contributed by atoms with van der Waals surface area (Å²) in [6.45, 7) is 0.555. The van der Waals surface area contributed by atoms with E-state index in [2.05, 4.69) is 5.32 Å². The summed E-state index contributed by atoms with van der Waals surface area (Å²) in [5.74, 6) is -0.368. The molecule has 0 spiro atoms. The van der Waals surface area contributed by atoms with Crippen molar-refractivity contribution in [2.45, 2.75) is 25.0 Å². The fourth-order valence-corrected chi connectivity index (χ4v) is 3.11. The highest BCUT2D eigenvalue weighted by Crippen LogP contribution is 2.20. The average molecular weight is 280 g/mol. The Balaban J connectivity index is 2.51. The van der Waals surface area contributed by atoms with Gasteiger partial charge in [0.2, 0.25) is 15.9 Å². The summed E-state index contributed by atoms with van der Waals surface area (Å²) in [7, 11) is -1.91. The van der Waals surface area contributed by atoms with Crippen LogP contribution in [0.2, 0.25) is 0 Å². The van der Waals surface area contributed by atoms with Crippen LogP contribution in [0.15, 0.2) is 0 Å². The lowest BCUT2D eigenvalue weighted by molar-refractivity contribution is -0.124. The Morgan fingerprint density at radius 1 is 1.61 bits per heavy atom. The van der Waals surface area contributed by atoms with Crippen molar-refractivity contribution in [3.8, 4) is 0 Å². The van der Waals surface area contributed by atoms with Gasteiger partial charge in [-0.25, -0.2) is 8.42 Å². The molecule has 106 valence electrons. The molecule has 1 heterocycles. The average Bonchev–Trinajstić information content (AvgIpc) is 2.74. The van der Waals surface area contributed by atoms with Gasteiger partial charge in [0.1, 0.15) is 6.04 Å². The lowest BCUT2D eigenvalue weighted by atomic mass is 10.2. The Bertz CT molecular complexity index is 384. The molecule has 1 rings (SSSR count). The van der Waals surface area contributed by atoms with E-state index in [9.17, 15) is 18.3 Å². The third kappa shape index (κ3) is 4.20. The molecule has 1 fully saturated rings. The molecular formula is C10H20N2O5S. The van der Waals surface area contributed by atoms with Crippen molar-refractivity contribution in [1.29, 1.82) is 0 Å². The SMILES string of the molecule is COCC(O)CNC(=O)C1CCCN1S(C)(=O)=O. The van der Waals surface area contributed by atoms with Gasteiger partial charge in [0.05, 0.1) is 19.0 Å². The molecule has 0 aromatic carbocycles. The second-order valence-corrected chi connectivity index (χ2v) is 6.32. The maximum absolute atomic E-state index is 11.8. The molecule has 1 saturated heterocycles. The summed E-state index contributed by atoms with van der Waals surface area (Å²) in [5.41, 5.74) is 0. The predicted molar refractivity (Wildman–Crippen MR) is 65.5 cm³/mol. The fourth-order valence-electron chi connectivity index (χ4n) is 1.99. The van der Waals surface area contributed by atoms with E-state index in [4.69, 9.17) is 4.74 Å². The molecule has 0 bridgehead atoms. The number of aliphatic hydroxyl groups excluding tert-OH is 1. The molecule has 2 atom stereocenters. The molecule has 0 saturated carbocycles. The number of carbonyl (C=O) groups excluding carboxylic acids is 1. The third-order valence-corrected chi connectivity index (χ3v) is 4.09. The predicted octanol–water partition coefficient (Wildman–Crippen LogP) is -1.47. The highest BCUT2D eigenvalue weighted by Gasteiger charge is 2.36. The van der Waals surface area contributed by atoms with Crippen molar-refractivity contribution in [2.75, 3.05) is 33.1 Å². The molecule has 8 heteroatoms. The minimum Gasteiger partial charge on any atom is -0.389 e. The lowest BCUT2D eigenvalue weighted by Gasteiger charge is -2.22. The molecule has 0 aliphatic carbocycles. The van der Waals surface area contributed by atoms with Gasteiger partial charge in [0.25, 0.3) is 0 Å². The van der Waals surface area contributed by atoms with E-state index >= 15 is 0 Å². The topological polar surface area (TPSA) is 95.9 Å². The standard InChI is InChI=1S/C10H20N2O5S/c1-17-7-8(13)6-11-10(14)9-4-3-5-12(9)18(2,15)16/h8-9,13H,3-7H2,1-2H3,(H,11,14). The van der Waals surface area contributed by atoms with Crippen LogP contribution in [-0.4, -0.2) is 68.9 Å². The van der Waals surface area contributed by atoms with E-state index in [1.54, 1.807) is 0 Å². The summed E-state index contributed by atoms with van der Waals surface area (Å²) in [6.07, 6.45) is 1.50. The number of hydrogen-bond acceptors (Lipinski definition) is 5. The summed E-state index contributed by atoms with van der Waals surface area (Å²) < 4.78 is 28.9. The number of ether oxygens (including phenoxy) is 1. The minimum absolute atomic E-state index is 0.0563. The van der Waals surface area contributed by atoms with E-state index < -0.39 is 22.2 Å². The normalized spacial score (nSPS) is 22.9. The van der Waals surface area contributed by atoms with Gasteiger partial charge < -0.3 is 15.2 Å². The van der Waals surface area contributed by atoms with Crippen LogP contribution in [0.1, 0.15) is 12.8 Å². The quantitative estimate of drug-likeness (QED) is 0.619. The van der Waals surface area contributed by atoms with Gasteiger partial charge in [-0.2, -0.15) is 4.31 Å². The number of nitrogens with one attached hydrogen (secondary N) is 1. The maximum atomic E-state index is 11.8. The molecule has 1 amide bonds. The van der Waals surface area contributed by atoms with Gasteiger partial charge in [-0.15, -0.1) is 0 Å². The summed E-state index contributed by atoms with van der Waals surface area (Å²) in [5, 5.41) is 11.9. The molecule has 0 aromatic heterocycles. The van der Waals surface area contributed by atoms with E-state index in [1.165, 1.54) is 11.4 Å². The second kappa shape index (κ2) is 6.46. The Morgan fingerprint density at radius 2 is 2.28 bits per heavy atom. The van der Waals surface area contributed by atoms with Crippen molar-refractivity contribution in [1.82, 2.24) is 9.62 Å². The number of sulfonamides is 1. The first-order valence-corrected chi connectivity index (χ1v) is 7.62. The van der Waals surface area contributed by atoms with E-state index in [-0.39, 0.29) is 19.1 Å². The Kier molecular flexibility index (Phi) is 5.51. The van der Waals surface area contributed by atoms with Crippen molar-refractivity contribution < 1.29 is 23.1 Å². The molecule has 7 nitrogen and oxygen atoms in total. The van der Waals surface area contributed by atoms with Gasteiger partial charge >= 0.3 is 0 Å². The van der Waals surface area contributed by atoms with Crippen molar-refractivity contribution in [2.24, 2.45) is 0 Å². The molecular weight excluding hydrogens is 260 g/mol. The van der Waals surface area contributed by atoms with E-state index in [0.717, 1.165) is 6.26 Å². The molecule has 18 heavy (non-hydrogen) atoms. The maximum Gasteiger partial charge on any atom is 0.238 e. The number of hydrogen-bond donors (Lipinski definition) is 2. The first-order valence-electron chi connectivity index (χ1n) is 5.77. The molecule has 0 radical (unpaired) electrons. The van der Waals surface area contributed by atoms with Crippen LogP contribution in [0.5, 0.6) is 0 Å². The summed E-state index contributed by atoms with van der Waals surface area (Å²) >= 11 is 0. The smallest absolute Gasteiger partial charge is 0.238 e. The molecule has 0 aromatic rings. The Morgan fingerprint density at radius 3 is 2.83 bits per heavy atom. The third-order valence-electron chi connectivity index (χ3n) is 2.80. The Hall–Kier alpha value is -0.700. The van der Waals surface area contributed by atoms with E-state index in [1.807, 2.05) is 0 Å².